The van der Waals surface area contributed by atoms with Gasteiger partial charge in [0.15, 0.2) is 0 Å². The number of hydrogen-bond donors (Lipinski definition) is 2. The second-order valence-corrected chi connectivity index (χ2v) is 12.3. The molecule has 3 amide bonds. The number of imidazole rings is 1. The SMILES string of the molecule is CCCC(=O)NC1CCN(C(=O)c2cn3c(NC(=O)CC45CC6CC(CC(C6)C4)C5)cccc3n2)CC1. The molecule has 0 aromatic carbocycles. The summed E-state index contributed by atoms with van der Waals surface area (Å²) in [6.07, 6.45) is 13.0. The molecule has 4 aliphatic carbocycles. The van der Waals surface area contributed by atoms with Gasteiger partial charge in [-0.15, -0.1) is 0 Å². The van der Waals surface area contributed by atoms with Crippen molar-refractivity contribution in [1.29, 1.82) is 0 Å². The van der Waals surface area contributed by atoms with E-state index in [0.29, 0.717) is 43.1 Å². The lowest BCUT2D eigenvalue weighted by molar-refractivity contribution is -0.124. The fourth-order valence-corrected chi connectivity index (χ4v) is 8.17. The summed E-state index contributed by atoms with van der Waals surface area (Å²) in [6, 6.07) is 5.74. The highest BCUT2D eigenvalue weighted by atomic mass is 16.2. The number of likely N-dealkylation sites (tertiary alicyclic amines) is 1. The molecule has 0 atom stereocenters. The van der Waals surface area contributed by atoms with Crippen LogP contribution in [0.2, 0.25) is 0 Å². The predicted molar refractivity (Wildman–Crippen MR) is 141 cm³/mol. The molecule has 0 radical (unpaired) electrons. The third kappa shape index (κ3) is 4.99. The number of rotatable bonds is 7. The Morgan fingerprint density at radius 3 is 2.32 bits per heavy atom. The molecule has 8 nitrogen and oxygen atoms in total. The van der Waals surface area contributed by atoms with E-state index in [1.54, 1.807) is 6.20 Å². The van der Waals surface area contributed by atoms with Crippen LogP contribution in [0.1, 0.15) is 88.0 Å². The predicted octanol–water partition coefficient (Wildman–Crippen LogP) is 4.40. The molecule has 0 spiro atoms. The zero-order valence-electron chi connectivity index (χ0n) is 21.9. The molecule has 2 aromatic rings. The zero-order chi connectivity index (χ0) is 25.6. The molecular formula is C29H39N5O3. The van der Waals surface area contributed by atoms with E-state index < -0.39 is 0 Å². The van der Waals surface area contributed by atoms with Crippen molar-refractivity contribution in [1.82, 2.24) is 19.6 Å². The summed E-state index contributed by atoms with van der Waals surface area (Å²) in [5.41, 5.74) is 1.22. The molecule has 7 rings (SSSR count). The summed E-state index contributed by atoms with van der Waals surface area (Å²) in [7, 11) is 0. The third-order valence-corrected chi connectivity index (χ3v) is 9.30. The van der Waals surface area contributed by atoms with Crippen molar-refractivity contribution in [3.05, 3.63) is 30.1 Å². The molecule has 198 valence electrons. The van der Waals surface area contributed by atoms with Crippen molar-refractivity contribution < 1.29 is 14.4 Å². The zero-order valence-corrected chi connectivity index (χ0v) is 21.9. The van der Waals surface area contributed by atoms with Crippen LogP contribution in [0.3, 0.4) is 0 Å². The summed E-state index contributed by atoms with van der Waals surface area (Å²) in [5.74, 6) is 3.18. The molecule has 1 aliphatic heterocycles. The van der Waals surface area contributed by atoms with Crippen molar-refractivity contribution in [2.24, 2.45) is 23.2 Å². The highest BCUT2D eigenvalue weighted by Gasteiger charge is 2.51. The van der Waals surface area contributed by atoms with Gasteiger partial charge in [0.05, 0.1) is 0 Å². The van der Waals surface area contributed by atoms with Crippen LogP contribution in [0.25, 0.3) is 5.65 Å². The smallest absolute Gasteiger partial charge is 0.274 e. The van der Waals surface area contributed by atoms with Gasteiger partial charge in [-0.2, -0.15) is 0 Å². The second kappa shape index (κ2) is 9.76. The van der Waals surface area contributed by atoms with Crippen molar-refractivity contribution >= 4 is 29.2 Å². The Kier molecular flexibility index (Phi) is 6.45. The monoisotopic (exact) mass is 505 g/mol. The average Bonchev–Trinajstić information content (AvgIpc) is 3.28. The van der Waals surface area contributed by atoms with Gasteiger partial charge >= 0.3 is 0 Å². The lowest BCUT2D eigenvalue weighted by Crippen LogP contribution is -2.47. The topological polar surface area (TPSA) is 95.8 Å². The number of nitrogens with zero attached hydrogens (tertiary/aromatic N) is 3. The standard InChI is InChI=1S/C29H39N5O3/c1-2-4-26(35)30-22-7-9-33(10-8-22)28(37)23-18-34-24(31-23)5-3-6-25(34)32-27(36)17-29-14-19-11-20(15-29)13-21(12-19)16-29/h3,5-6,18-22H,2,4,7-17H2,1H3,(H,30,35)(H,32,36). The summed E-state index contributed by atoms with van der Waals surface area (Å²) in [6.45, 7) is 3.19. The number of carbonyl (C=O) groups is 3. The number of carbonyl (C=O) groups excluding carboxylic acids is 3. The fraction of sp³-hybridized carbons (Fsp3) is 0.655. The normalized spacial score (nSPS) is 29.0. The molecule has 0 unspecified atom stereocenters. The van der Waals surface area contributed by atoms with Gasteiger partial charge in [0.2, 0.25) is 11.8 Å². The van der Waals surface area contributed by atoms with Gasteiger partial charge in [-0.3, -0.25) is 18.8 Å². The van der Waals surface area contributed by atoms with E-state index in [4.69, 9.17) is 0 Å². The first kappa shape index (κ1) is 24.4. The molecule has 5 aliphatic rings. The Morgan fingerprint density at radius 2 is 1.68 bits per heavy atom. The minimum atomic E-state index is -0.104. The number of aromatic nitrogens is 2. The molecule has 37 heavy (non-hydrogen) atoms. The Labute approximate surface area is 218 Å². The summed E-state index contributed by atoms with van der Waals surface area (Å²) >= 11 is 0. The molecule has 8 heteroatoms. The Morgan fingerprint density at radius 1 is 1.00 bits per heavy atom. The number of anilines is 1. The first-order valence-electron chi connectivity index (χ1n) is 14.3. The first-order valence-corrected chi connectivity index (χ1v) is 14.3. The van der Waals surface area contributed by atoms with Gasteiger partial charge < -0.3 is 15.5 Å². The Bertz CT molecular complexity index is 1160. The maximum absolute atomic E-state index is 13.2. The van der Waals surface area contributed by atoms with E-state index in [9.17, 15) is 14.4 Å². The first-order chi connectivity index (χ1) is 17.9. The summed E-state index contributed by atoms with van der Waals surface area (Å²) in [5, 5.41) is 6.22. The molecule has 2 N–H and O–H groups in total. The van der Waals surface area contributed by atoms with E-state index in [0.717, 1.165) is 37.0 Å². The highest BCUT2D eigenvalue weighted by molar-refractivity contribution is 5.94. The van der Waals surface area contributed by atoms with Gasteiger partial charge in [0, 0.05) is 38.2 Å². The van der Waals surface area contributed by atoms with Crippen LogP contribution in [0.4, 0.5) is 5.82 Å². The summed E-state index contributed by atoms with van der Waals surface area (Å²) < 4.78 is 1.82. The van der Waals surface area contributed by atoms with Gasteiger partial charge in [0.25, 0.3) is 5.91 Å². The van der Waals surface area contributed by atoms with E-state index in [1.165, 1.54) is 38.5 Å². The van der Waals surface area contributed by atoms with Gasteiger partial charge in [-0.05, 0) is 93.1 Å². The van der Waals surface area contributed by atoms with Crippen molar-refractivity contribution in [2.75, 3.05) is 18.4 Å². The van der Waals surface area contributed by atoms with Crippen LogP contribution < -0.4 is 10.6 Å². The van der Waals surface area contributed by atoms with E-state index in [-0.39, 0.29) is 29.2 Å². The molecule has 4 saturated carbocycles. The van der Waals surface area contributed by atoms with Crippen molar-refractivity contribution in [2.45, 2.75) is 83.6 Å². The number of amides is 3. The van der Waals surface area contributed by atoms with Crippen LogP contribution in [0, 0.1) is 23.2 Å². The highest BCUT2D eigenvalue weighted by Crippen LogP contribution is 2.61. The fourth-order valence-electron chi connectivity index (χ4n) is 8.17. The lowest BCUT2D eigenvalue weighted by Gasteiger charge is -2.56. The van der Waals surface area contributed by atoms with E-state index in [2.05, 4.69) is 15.6 Å². The Balaban J connectivity index is 1.10. The number of fused-ring (bicyclic) bond motifs is 1. The van der Waals surface area contributed by atoms with Crippen LogP contribution in [-0.4, -0.2) is 51.1 Å². The number of pyridine rings is 1. The largest absolute Gasteiger partial charge is 0.353 e. The lowest BCUT2D eigenvalue weighted by atomic mass is 9.49. The van der Waals surface area contributed by atoms with Crippen LogP contribution in [-0.2, 0) is 9.59 Å². The van der Waals surface area contributed by atoms with Gasteiger partial charge in [-0.1, -0.05) is 13.0 Å². The molecule has 1 saturated heterocycles. The molecule has 2 aromatic heterocycles. The number of hydrogen-bond acceptors (Lipinski definition) is 4. The molecule has 5 fully saturated rings. The van der Waals surface area contributed by atoms with Crippen molar-refractivity contribution in [3.63, 3.8) is 0 Å². The van der Waals surface area contributed by atoms with E-state index >= 15 is 0 Å². The van der Waals surface area contributed by atoms with Gasteiger partial charge in [-0.25, -0.2) is 4.98 Å². The maximum Gasteiger partial charge on any atom is 0.274 e. The van der Waals surface area contributed by atoms with E-state index in [1.807, 2.05) is 34.4 Å². The van der Waals surface area contributed by atoms with Crippen LogP contribution in [0.15, 0.2) is 24.4 Å². The van der Waals surface area contributed by atoms with Gasteiger partial charge in [0.1, 0.15) is 17.2 Å². The second-order valence-electron chi connectivity index (χ2n) is 12.3. The third-order valence-electron chi connectivity index (χ3n) is 9.30. The van der Waals surface area contributed by atoms with Crippen LogP contribution >= 0.6 is 0 Å². The van der Waals surface area contributed by atoms with Crippen molar-refractivity contribution in [3.8, 4) is 0 Å². The average molecular weight is 506 g/mol. The number of nitrogens with one attached hydrogen (secondary N) is 2. The minimum Gasteiger partial charge on any atom is -0.353 e. The maximum atomic E-state index is 13.2. The molecule has 3 heterocycles. The quantitative estimate of drug-likeness (QED) is 0.583. The Hall–Kier alpha value is -2.90. The summed E-state index contributed by atoms with van der Waals surface area (Å²) in [4.78, 5) is 44.7. The molecular weight excluding hydrogens is 466 g/mol. The minimum absolute atomic E-state index is 0.0724. The van der Waals surface area contributed by atoms with Crippen LogP contribution in [0.5, 0.6) is 0 Å². The molecule has 4 bridgehead atoms. The number of piperidine rings is 1.